The van der Waals surface area contributed by atoms with Crippen molar-refractivity contribution in [3.8, 4) is 0 Å². The first-order valence-corrected chi connectivity index (χ1v) is 13.4. The Morgan fingerprint density at radius 2 is 1.78 bits per heavy atom. The van der Waals surface area contributed by atoms with E-state index in [1.807, 2.05) is 49.4 Å². The SMILES string of the molecule is Cc1c(/C=C2\SC(=O)N(CC(=O)Nc3ccc(Br)c(Cl)c3)C2=O)c2ccccc2n1Cc1ccccc1. The van der Waals surface area contributed by atoms with Crippen LogP contribution in [0.5, 0.6) is 0 Å². The molecule has 0 saturated carbocycles. The molecule has 1 fully saturated rings. The molecule has 0 spiro atoms. The lowest BCUT2D eigenvalue weighted by molar-refractivity contribution is -0.127. The van der Waals surface area contributed by atoms with E-state index in [0.717, 1.165) is 44.4 Å². The Hall–Kier alpha value is -3.33. The summed E-state index contributed by atoms with van der Waals surface area (Å²) in [5.74, 6) is -0.976. The van der Waals surface area contributed by atoms with Crippen molar-refractivity contribution in [3.63, 3.8) is 0 Å². The molecule has 9 heteroatoms. The van der Waals surface area contributed by atoms with Gasteiger partial charge in [0.15, 0.2) is 0 Å². The highest BCUT2D eigenvalue weighted by atomic mass is 79.9. The van der Waals surface area contributed by atoms with Gasteiger partial charge in [-0.1, -0.05) is 60.1 Å². The van der Waals surface area contributed by atoms with Crippen molar-refractivity contribution in [1.29, 1.82) is 0 Å². The van der Waals surface area contributed by atoms with Crippen LogP contribution in [0.25, 0.3) is 17.0 Å². The Morgan fingerprint density at radius 3 is 2.54 bits per heavy atom. The van der Waals surface area contributed by atoms with Crippen molar-refractivity contribution in [3.05, 3.63) is 104 Å². The van der Waals surface area contributed by atoms with Gasteiger partial charge < -0.3 is 9.88 Å². The quantitative estimate of drug-likeness (QED) is 0.242. The molecule has 6 nitrogen and oxygen atoms in total. The van der Waals surface area contributed by atoms with E-state index in [0.29, 0.717) is 21.7 Å². The molecule has 0 radical (unpaired) electrons. The van der Waals surface area contributed by atoms with Gasteiger partial charge in [0, 0.05) is 38.9 Å². The lowest BCUT2D eigenvalue weighted by atomic mass is 10.1. The lowest BCUT2D eigenvalue weighted by Crippen LogP contribution is -2.36. The average Bonchev–Trinajstić information content (AvgIpc) is 3.30. The molecule has 0 atom stereocenters. The maximum absolute atomic E-state index is 13.2. The number of carbonyl (C=O) groups excluding carboxylic acids is 3. The zero-order valence-corrected chi connectivity index (χ0v) is 22.9. The van der Waals surface area contributed by atoms with E-state index in [4.69, 9.17) is 11.6 Å². The van der Waals surface area contributed by atoms with Crippen LogP contribution in [0.1, 0.15) is 16.8 Å². The standard InChI is InChI=1S/C28H21BrClN3O3S/c1-17-21(20-9-5-6-10-24(20)32(17)15-18-7-3-2-4-8-18)14-25-27(35)33(28(36)37-25)16-26(34)31-19-11-12-22(29)23(30)13-19/h2-14H,15-16H2,1H3,(H,31,34)/b25-14-. The highest BCUT2D eigenvalue weighted by Crippen LogP contribution is 2.36. The maximum atomic E-state index is 13.2. The predicted octanol–water partition coefficient (Wildman–Crippen LogP) is 7.09. The maximum Gasteiger partial charge on any atom is 0.294 e. The van der Waals surface area contributed by atoms with Gasteiger partial charge in [-0.3, -0.25) is 19.3 Å². The molecule has 1 saturated heterocycles. The first kappa shape index (κ1) is 25.3. The average molecular weight is 595 g/mol. The van der Waals surface area contributed by atoms with Gasteiger partial charge in [0.2, 0.25) is 5.91 Å². The van der Waals surface area contributed by atoms with Gasteiger partial charge in [0.1, 0.15) is 6.54 Å². The number of benzene rings is 3. The van der Waals surface area contributed by atoms with Gasteiger partial charge >= 0.3 is 0 Å². The van der Waals surface area contributed by atoms with E-state index >= 15 is 0 Å². The second-order valence-electron chi connectivity index (χ2n) is 8.53. The topological polar surface area (TPSA) is 71.4 Å². The molecular weight excluding hydrogens is 574 g/mol. The van der Waals surface area contributed by atoms with Crippen LogP contribution in [0.4, 0.5) is 10.5 Å². The van der Waals surface area contributed by atoms with Crippen molar-refractivity contribution in [2.24, 2.45) is 0 Å². The molecule has 1 N–H and O–H groups in total. The number of halogens is 2. The van der Waals surface area contributed by atoms with Gasteiger partial charge in [-0.15, -0.1) is 0 Å². The summed E-state index contributed by atoms with van der Waals surface area (Å²) < 4.78 is 2.90. The summed E-state index contributed by atoms with van der Waals surface area (Å²) in [4.78, 5) is 39.7. The van der Waals surface area contributed by atoms with Crippen LogP contribution in [0.2, 0.25) is 5.02 Å². The number of amides is 3. The summed E-state index contributed by atoms with van der Waals surface area (Å²) in [5, 5.41) is 3.63. The summed E-state index contributed by atoms with van der Waals surface area (Å²) >= 11 is 10.2. The van der Waals surface area contributed by atoms with Gasteiger partial charge in [-0.25, -0.2) is 0 Å². The van der Waals surface area contributed by atoms with E-state index in [9.17, 15) is 14.4 Å². The monoisotopic (exact) mass is 593 g/mol. The fourth-order valence-corrected chi connectivity index (χ4v) is 5.54. The predicted molar refractivity (Wildman–Crippen MR) is 153 cm³/mol. The fraction of sp³-hybridized carbons (Fsp3) is 0.107. The van der Waals surface area contributed by atoms with Crippen molar-refractivity contribution in [2.45, 2.75) is 13.5 Å². The summed E-state index contributed by atoms with van der Waals surface area (Å²) in [6, 6.07) is 23.1. The molecule has 1 aliphatic heterocycles. The number of rotatable bonds is 6. The first-order valence-electron chi connectivity index (χ1n) is 11.4. The highest BCUT2D eigenvalue weighted by Gasteiger charge is 2.36. The van der Waals surface area contributed by atoms with Crippen molar-refractivity contribution < 1.29 is 14.4 Å². The van der Waals surface area contributed by atoms with Crippen LogP contribution in [0, 0.1) is 6.92 Å². The second kappa shape index (κ2) is 10.6. The van der Waals surface area contributed by atoms with Crippen LogP contribution in [-0.4, -0.2) is 33.1 Å². The minimum Gasteiger partial charge on any atom is -0.340 e. The molecule has 3 amide bonds. The molecule has 1 aliphatic rings. The van der Waals surface area contributed by atoms with Crippen LogP contribution in [0.3, 0.4) is 0 Å². The van der Waals surface area contributed by atoms with Crippen molar-refractivity contribution >= 4 is 79.0 Å². The molecule has 0 aliphatic carbocycles. The number of nitrogens with one attached hydrogen (secondary N) is 1. The zero-order valence-electron chi connectivity index (χ0n) is 19.7. The van der Waals surface area contributed by atoms with E-state index in [1.54, 1.807) is 24.3 Å². The van der Waals surface area contributed by atoms with E-state index in [2.05, 4.69) is 37.9 Å². The molecule has 0 unspecified atom stereocenters. The number of para-hydroxylation sites is 1. The number of hydrogen-bond donors (Lipinski definition) is 1. The number of aromatic nitrogens is 1. The number of hydrogen-bond acceptors (Lipinski definition) is 4. The van der Waals surface area contributed by atoms with Crippen molar-refractivity contribution in [2.75, 3.05) is 11.9 Å². The first-order chi connectivity index (χ1) is 17.8. The Labute approximate surface area is 231 Å². The summed E-state index contributed by atoms with van der Waals surface area (Å²) in [5.41, 5.74) is 4.55. The number of nitrogens with zero attached hydrogens (tertiary/aromatic N) is 2. The molecule has 0 bridgehead atoms. The number of imide groups is 1. The van der Waals surface area contributed by atoms with Crippen LogP contribution in [-0.2, 0) is 16.1 Å². The summed E-state index contributed by atoms with van der Waals surface area (Å²) in [6.45, 7) is 2.31. The third kappa shape index (κ3) is 5.23. The van der Waals surface area contributed by atoms with Crippen LogP contribution >= 0.6 is 39.3 Å². The minimum atomic E-state index is -0.488. The number of anilines is 1. The number of thioether (sulfide) groups is 1. The lowest BCUT2D eigenvalue weighted by Gasteiger charge is -2.12. The molecule has 186 valence electrons. The molecule has 3 aromatic carbocycles. The zero-order chi connectivity index (χ0) is 26.1. The van der Waals surface area contributed by atoms with E-state index in [1.165, 1.54) is 0 Å². The largest absolute Gasteiger partial charge is 0.340 e. The normalized spacial score (nSPS) is 14.7. The van der Waals surface area contributed by atoms with Gasteiger partial charge in [0.25, 0.3) is 11.1 Å². The van der Waals surface area contributed by atoms with E-state index < -0.39 is 17.1 Å². The van der Waals surface area contributed by atoms with Crippen LogP contribution in [0.15, 0.2) is 82.2 Å². The Balaban J connectivity index is 1.40. The molecular formula is C28H21BrClN3O3S. The third-order valence-electron chi connectivity index (χ3n) is 6.12. The van der Waals surface area contributed by atoms with Gasteiger partial charge in [-0.05, 0) is 70.5 Å². The van der Waals surface area contributed by atoms with Crippen molar-refractivity contribution in [1.82, 2.24) is 9.47 Å². The van der Waals surface area contributed by atoms with Gasteiger partial charge in [-0.2, -0.15) is 0 Å². The van der Waals surface area contributed by atoms with E-state index in [-0.39, 0.29) is 11.4 Å². The highest BCUT2D eigenvalue weighted by molar-refractivity contribution is 9.10. The molecule has 37 heavy (non-hydrogen) atoms. The molecule has 1 aromatic heterocycles. The molecule has 4 aromatic rings. The molecule has 2 heterocycles. The summed E-state index contributed by atoms with van der Waals surface area (Å²) in [6.07, 6.45) is 1.76. The fourth-order valence-electron chi connectivity index (χ4n) is 4.30. The number of carbonyl (C=O) groups is 3. The Kier molecular flexibility index (Phi) is 7.24. The third-order valence-corrected chi connectivity index (χ3v) is 8.26. The van der Waals surface area contributed by atoms with Gasteiger partial charge in [0.05, 0.1) is 9.93 Å². The smallest absolute Gasteiger partial charge is 0.294 e. The summed E-state index contributed by atoms with van der Waals surface area (Å²) in [7, 11) is 0. The Bertz CT molecular complexity index is 1580. The number of fused-ring (bicyclic) bond motifs is 1. The Morgan fingerprint density at radius 1 is 1.05 bits per heavy atom. The van der Waals surface area contributed by atoms with Crippen LogP contribution < -0.4 is 5.32 Å². The minimum absolute atomic E-state index is 0.287. The molecule has 5 rings (SSSR count). The second-order valence-corrected chi connectivity index (χ2v) is 10.8.